The molecule has 0 aromatic heterocycles. The second-order valence-corrected chi connectivity index (χ2v) is 5.84. The average Bonchev–Trinajstić information content (AvgIpc) is 2.43. The van der Waals surface area contributed by atoms with Crippen LogP contribution >= 0.6 is 15.9 Å². The molecular weight excluding hydrogens is 302 g/mol. The summed E-state index contributed by atoms with van der Waals surface area (Å²) in [5.74, 6) is 0.243. The van der Waals surface area contributed by atoms with Gasteiger partial charge in [0, 0.05) is 22.5 Å². The molecule has 0 saturated carbocycles. The van der Waals surface area contributed by atoms with Crippen molar-refractivity contribution in [3.63, 3.8) is 0 Å². The molecule has 0 amide bonds. The first kappa shape index (κ1) is 16.4. The van der Waals surface area contributed by atoms with Crippen molar-refractivity contribution < 1.29 is 4.79 Å². The van der Waals surface area contributed by atoms with Crippen molar-refractivity contribution in [2.45, 2.75) is 46.1 Å². The molecule has 1 aromatic carbocycles. The lowest BCUT2D eigenvalue weighted by Gasteiger charge is -2.26. The maximum atomic E-state index is 12.0. The van der Waals surface area contributed by atoms with E-state index in [2.05, 4.69) is 41.6 Å². The van der Waals surface area contributed by atoms with Crippen LogP contribution in [0.5, 0.6) is 0 Å². The highest BCUT2D eigenvalue weighted by atomic mass is 79.9. The highest BCUT2D eigenvalue weighted by Crippen LogP contribution is 2.13. The third kappa shape index (κ3) is 5.45. The molecule has 0 fully saturated rings. The number of carbonyl (C=O) groups excluding carboxylic acids is 1. The van der Waals surface area contributed by atoms with Crippen LogP contribution in [0, 0.1) is 0 Å². The number of nitrogens with zero attached hydrogens (tertiary/aromatic N) is 1. The molecule has 1 aromatic rings. The van der Waals surface area contributed by atoms with Gasteiger partial charge in [-0.2, -0.15) is 0 Å². The summed E-state index contributed by atoms with van der Waals surface area (Å²) in [7, 11) is 0. The van der Waals surface area contributed by atoms with Crippen LogP contribution in [0.4, 0.5) is 0 Å². The quantitative estimate of drug-likeness (QED) is 0.654. The number of Topliss-reactive ketones (excluding diaryl/α,β-unsaturated/α-hetero) is 1. The number of halogens is 1. The molecule has 3 heteroatoms. The van der Waals surface area contributed by atoms with Crippen molar-refractivity contribution >= 4 is 21.7 Å². The largest absolute Gasteiger partial charge is 0.301 e. The summed E-state index contributed by atoms with van der Waals surface area (Å²) in [6.45, 7) is 8.71. The third-order valence-corrected chi connectivity index (χ3v) is 4.16. The molecule has 1 atom stereocenters. The standard InChI is InChI=1S/C16H24BrNO/c1-4-13(3)18(5-2)12-6-7-16(19)14-8-10-15(17)11-9-14/h8-11,13H,4-7,12H2,1-3H3. The van der Waals surface area contributed by atoms with Crippen LogP contribution in [0.25, 0.3) is 0 Å². The predicted octanol–water partition coefficient (Wildman–Crippen LogP) is 4.53. The Morgan fingerprint density at radius 3 is 2.42 bits per heavy atom. The number of hydrogen-bond acceptors (Lipinski definition) is 2. The van der Waals surface area contributed by atoms with E-state index in [4.69, 9.17) is 0 Å². The molecule has 0 heterocycles. The van der Waals surface area contributed by atoms with E-state index in [9.17, 15) is 4.79 Å². The molecule has 19 heavy (non-hydrogen) atoms. The topological polar surface area (TPSA) is 20.3 Å². The number of rotatable bonds is 8. The van der Waals surface area contributed by atoms with Gasteiger partial charge in [0.2, 0.25) is 0 Å². The van der Waals surface area contributed by atoms with E-state index in [0.717, 1.165) is 36.0 Å². The van der Waals surface area contributed by atoms with E-state index in [0.29, 0.717) is 12.5 Å². The number of hydrogen-bond donors (Lipinski definition) is 0. The fraction of sp³-hybridized carbons (Fsp3) is 0.562. The van der Waals surface area contributed by atoms with Gasteiger partial charge in [-0.3, -0.25) is 4.79 Å². The van der Waals surface area contributed by atoms with Gasteiger partial charge < -0.3 is 4.90 Å². The van der Waals surface area contributed by atoms with Crippen molar-refractivity contribution in [1.29, 1.82) is 0 Å². The van der Waals surface area contributed by atoms with Gasteiger partial charge in [-0.05, 0) is 45.0 Å². The van der Waals surface area contributed by atoms with Crippen molar-refractivity contribution in [3.05, 3.63) is 34.3 Å². The van der Waals surface area contributed by atoms with Crippen LogP contribution in [0.15, 0.2) is 28.7 Å². The van der Waals surface area contributed by atoms with Gasteiger partial charge in [0.05, 0.1) is 0 Å². The summed E-state index contributed by atoms with van der Waals surface area (Å²) in [6, 6.07) is 8.22. The molecule has 0 bridgehead atoms. The Labute approximate surface area is 125 Å². The van der Waals surface area contributed by atoms with Gasteiger partial charge in [-0.1, -0.05) is 41.9 Å². The summed E-state index contributed by atoms with van der Waals surface area (Å²) >= 11 is 3.38. The lowest BCUT2D eigenvalue weighted by molar-refractivity contribution is 0.0971. The molecular formula is C16H24BrNO. The van der Waals surface area contributed by atoms with Gasteiger partial charge in [0.15, 0.2) is 5.78 Å². The van der Waals surface area contributed by atoms with Crippen LogP contribution in [-0.4, -0.2) is 29.8 Å². The Hall–Kier alpha value is -0.670. The molecule has 2 nitrogen and oxygen atoms in total. The second-order valence-electron chi connectivity index (χ2n) is 4.92. The zero-order valence-electron chi connectivity index (χ0n) is 12.2. The van der Waals surface area contributed by atoms with E-state index in [1.807, 2.05) is 24.3 Å². The van der Waals surface area contributed by atoms with Crippen LogP contribution in [0.1, 0.15) is 50.4 Å². The Bertz CT molecular complexity index is 388. The third-order valence-electron chi connectivity index (χ3n) is 3.64. The minimum Gasteiger partial charge on any atom is -0.301 e. The van der Waals surface area contributed by atoms with Crippen molar-refractivity contribution in [2.24, 2.45) is 0 Å². The van der Waals surface area contributed by atoms with Crippen LogP contribution < -0.4 is 0 Å². The number of benzene rings is 1. The van der Waals surface area contributed by atoms with E-state index in [1.54, 1.807) is 0 Å². The monoisotopic (exact) mass is 325 g/mol. The minimum absolute atomic E-state index is 0.243. The Morgan fingerprint density at radius 2 is 1.89 bits per heavy atom. The predicted molar refractivity (Wildman–Crippen MR) is 84.7 cm³/mol. The highest BCUT2D eigenvalue weighted by Gasteiger charge is 2.11. The summed E-state index contributed by atoms with van der Waals surface area (Å²) in [6.07, 6.45) is 2.73. The molecule has 1 rings (SSSR count). The zero-order valence-corrected chi connectivity index (χ0v) is 13.7. The smallest absolute Gasteiger partial charge is 0.162 e. The van der Waals surface area contributed by atoms with Crippen LogP contribution in [-0.2, 0) is 0 Å². The molecule has 0 aliphatic heterocycles. The fourth-order valence-corrected chi connectivity index (χ4v) is 2.44. The second kappa shape index (κ2) is 8.49. The van der Waals surface area contributed by atoms with Gasteiger partial charge >= 0.3 is 0 Å². The minimum atomic E-state index is 0.243. The lowest BCUT2D eigenvalue weighted by Crippen LogP contribution is -2.33. The number of carbonyl (C=O) groups is 1. The lowest BCUT2D eigenvalue weighted by atomic mass is 10.1. The molecule has 0 spiro atoms. The maximum Gasteiger partial charge on any atom is 0.162 e. The normalized spacial score (nSPS) is 12.7. The van der Waals surface area contributed by atoms with Crippen molar-refractivity contribution in [2.75, 3.05) is 13.1 Å². The molecule has 0 N–H and O–H groups in total. The maximum absolute atomic E-state index is 12.0. The Morgan fingerprint density at radius 1 is 1.26 bits per heavy atom. The number of ketones is 1. The molecule has 0 radical (unpaired) electrons. The SMILES string of the molecule is CCC(C)N(CC)CCCC(=O)c1ccc(Br)cc1. The van der Waals surface area contributed by atoms with Crippen LogP contribution in [0.2, 0.25) is 0 Å². The van der Waals surface area contributed by atoms with Gasteiger partial charge in [0.25, 0.3) is 0 Å². The van der Waals surface area contributed by atoms with Crippen LogP contribution in [0.3, 0.4) is 0 Å². The summed E-state index contributed by atoms with van der Waals surface area (Å²) in [5, 5.41) is 0. The molecule has 0 aliphatic carbocycles. The van der Waals surface area contributed by atoms with Gasteiger partial charge in [0.1, 0.15) is 0 Å². The summed E-state index contributed by atoms with van der Waals surface area (Å²) in [4.78, 5) is 14.5. The van der Waals surface area contributed by atoms with Gasteiger partial charge in [-0.25, -0.2) is 0 Å². The molecule has 0 aliphatic rings. The molecule has 106 valence electrons. The zero-order chi connectivity index (χ0) is 14.3. The molecule has 1 unspecified atom stereocenters. The summed E-state index contributed by atoms with van der Waals surface area (Å²) < 4.78 is 1.01. The molecule has 0 saturated heterocycles. The fourth-order valence-electron chi connectivity index (χ4n) is 2.17. The first-order valence-corrected chi connectivity index (χ1v) is 7.90. The van der Waals surface area contributed by atoms with E-state index >= 15 is 0 Å². The summed E-state index contributed by atoms with van der Waals surface area (Å²) in [5.41, 5.74) is 0.815. The van der Waals surface area contributed by atoms with E-state index < -0.39 is 0 Å². The van der Waals surface area contributed by atoms with Gasteiger partial charge in [-0.15, -0.1) is 0 Å². The van der Waals surface area contributed by atoms with Crippen molar-refractivity contribution in [1.82, 2.24) is 4.90 Å². The average molecular weight is 326 g/mol. The highest BCUT2D eigenvalue weighted by molar-refractivity contribution is 9.10. The van der Waals surface area contributed by atoms with Crippen molar-refractivity contribution in [3.8, 4) is 0 Å². The first-order valence-electron chi connectivity index (χ1n) is 7.11. The van der Waals surface area contributed by atoms with E-state index in [1.165, 1.54) is 0 Å². The Kier molecular flexibility index (Phi) is 7.32. The van der Waals surface area contributed by atoms with E-state index in [-0.39, 0.29) is 5.78 Å². The first-order chi connectivity index (χ1) is 9.08. The Balaban J connectivity index is 2.40.